The van der Waals surface area contributed by atoms with Crippen LogP contribution in [0.3, 0.4) is 0 Å². The maximum atomic E-state index is 5.25. The molecule has 1 saturated heterocycles. The maximum Gasteiger partial charge on any atom is 0.0592 e. The van der Waals surface area contributed by atoms with E-state index in [-0.39, 0.29) is 0 Å². The van der Waals surface area contributed by atoms with E-state index in [4.69, 9.17) is 4.74 Å². The summed E-state index contributed by atoms with van der Waals surface area (Å²) in [6, 6.07) is 0. The molecule has 0 amide bonds. The Morgan fingerprint density at radius 1 is 1.33 bits per heavy atom. The molecule has 1 aliphatic heterocycles. The summed E-state index contributed by atoms with van der Waals surface area (Å²) in [6.07, 6.45) is 2.73. The van der Waals surface area contributed by atoms with E-state index >= 15 is 0 Å². The highest BCUT2D eigenvalue weighted by molar-refractivity contribution is 4.67. The Hall–Kier alpha value is -0.160. The number of rotatable bonds is 5. The summed E-state index contributed by atoms with van der Waals surface area (Å²) in [6.45, 7) is 5.55. The van der Waals surface area contributed by atoms with Crippen molar-refractivity contribution >= 4 is 0 Å². The SMILES string of the molecule is CCOCCCC1NCNCN1. The zero-order chi connectivity index (χ0) is 8.65. The van der Waals surface area contributed by atoms with Gasteiger partial charge in [0.2, 0.25) is 0 Å². The Kier molecular flexibility index (Phi) is 5.27. The Bertz CT molecular complexity index is 104. The van der Waals surface area contributed by atoms with Gasteiger partial charge in [0.1, 0.15) is 0 Å². The minimum atomic E-state index is 0.465. The summed E-state index contributed by atoms with van der Waals surface area (Å²) in [5.41, 5.74) is 0. The van der Waals surface area contributed by atoms with E-state index in [1.54, 1.807) is 0 Å². The quantitative estimate of drug-likeness (QED) is 0.505. The first-order valence-corrected chi connectivity index (χ1v) is 4.68. The first-order chi connectivity index (χ1) is 5.93. The van der Waals surface area contributed by atoms with Crippen molar-refractivity contribution in [1.29, 1.82) is 0 Å². The van der Waals surface area contributed by atoms with Crippen LogP contribution in [0.2, 0.25) is 0 Å². The molecule has 72 valence electrons. The molecule has 0 aromatic rings. The standard InChI is InChI=1S/C8H19N3O/c1-2-12-5-3-4-8-10-6-9-7-11-8/h8-11H,2-7H2,1H3. The molecule has 0 unspecified atom stereocenters. The lowest BCUT2D eigenvalue weighted by Crippen LogP contribution is -2.55. The van der Waals surface area contributed by atoms with Crippen LogP contribution in [-0.4, -0.2) is 32.7 Å². The van der Waals surface area contributed by atoms with E-state index < -0.39 is 0 Å². The summed E-state index contributed by atoms with van der Waals surface area (Å²) in [5.74, 6) is 0. The van der Waals surface area contributed by atoms with E-state index in [9.17, 15) is 0 Å². The third-order valence-electron chi connectivity index (χ3n) is 1.93. The van der Waals surface area contributed by atoms with Crippen molar-refractivity contribution in [3.8, 4) is 0 Å². The molecular weight excluding hydrogens is 154 g/mol. The lowest BCUT2D eigenvalue weighted by molar-refractivity contribution is 0.138. The first-order valence-electron chi connectivity index (χ1n) is 4.68. The third kappa shape index (κ3) is 4.01. The smallest absolute Gasteiger partial charge is 0.0592 e. The second-order valence-corrected chi connectivity index (χ2v) is 2.90. The summed E-state index contributed by atoms with van der Waals surface area (Å²) in [7, 11) is 0. The zero-order valence-electron chi connectivity index (χ0n) is 7.73. The maximum absolute atomic E-state index is 5.25. The summed E-state index contributed by atoms with van der Waals surface area (Å²) in [5, 5.41) is 9.80. The van der Waals surface area contributed by atoms with Crippen molar-refractivity contribution in [3.63, 3.8) is 0 Å². The van der Waals surface area contributed by atoms with Gasteiger partial charge in [-0.1, -0.05) is 0 Å². The Morgan fingerprint density at radius 3 is 2.75 bits per heavy atom. The molecule has 4 heteroatoms. The normalized spacial score (nSPS) is 19.8. The van der Waals surface area contributed by atoms with Gasteiger partial charge in [0.05, 0.1) is 6.17 Å². The minimum absolute atomic E-state index is 0.465. The first kappa shape index (κ1) is 9.92. The molecule has 1 heterocycles. The van der Waals surface area contributed by atoms with E-state index in [1.807, 2.05) is 6.92 Å². The molecule has 1 rings (SSSR count). The summed E-state index contributed by atoms with van der Waals surface area (Å²) < 4.78 is 5.25. The van der Waals surface area contributed by atoms with Crippen LogP contribution in [0.4, 0.5) is 0 Å². The van der Waals surface area contributed by atoms with Gasteiger partial charge >= 0.3 is 0 Å². The summed E-state index contributed by atoms with van der Waals surface area (Å²) >= 11 is 0. The molecule has 0 saturated carbocycles. The van der Waals surface area contributed by atoms with Crippen LogP contribution in [-0.2, 0) is 4.74 Å². The van der Waals surface area contributed by atoms with Crippen LogP contribution < -0.4 is 16.0 Å². The van der Waals surface area contributed by atoms with E-state index in [0.29, 0.717) is 6.17 Å². The second-order valence-electron chi connectivity index (χ2n) is 2.90. The van der Waals surface area contributed by atoms with Gasteiger partial charge in [0.15, 0.2) is 0 Å². The van der Waals surface area contributed by atoms with Crippen LogP contribution >= 0.6 is 0 Å². The Balaban J connectivity index is 1.91. The van der Waals surface area contributed by atoms with Gasteiger partial charge in [-0.2, -0.15) is 0 Å². The number of hydrogen-bond acceptors (Lipinski definition) is 4. The Labute approximate surface area is 74.1 Å². The third-order valence-corrected chi connectivity index (χ3v) is 1.93. The predicted octanol–water partition coefficient (Wildman–Crippen LogP) is -0.173. The zero-order valence-corrected chi connectivity index (χ0v) is 7.73. The molecular formula is C8H19N3O. The van der Waals surface area contributed by atoms with Crippen molar-refractivity contribution in [2.45, 2.75) is 25.9 Å². The molecule has 12 heavy (non-hydrogen) atoms. The fourth-order valence-electron chi connectivity index (χ4n) is 1.26. The molecule has 0 atom stereocenters. The Morgan fingerprint density at radius 2 is 2.08 bits per heavy atom. The highest BCUT2D eigenvalue weighted by Gasteiger charge is 2.09. The highest BCUT2D eigenvalue weighted by Crippen LogP contribution is 1.95. The average Bonchev–Trinajstić information content (AvgIpc) is 2.14. The van der Waals surface area contributed by atoms with Crippen LogP contribution in [0.5, 0.6) is 0 Å². The van der Waals surface area contributed by atoms with Gasteiger partial charge < -0.3 is 4.74 Å². The van der Waals surface area contributed by atoms with E-state index in [0.717, 1.165) is 39.4 Å². The average molecular weight is 173 g/mol. The molecule has 0 aliphatic carbocycles. The van der Waals surface area contributed by atoms with Crippen LogP contribution in [0, 0.1) is 0 Å². The largest absolute Gasteiger partial charge is 0.382 e. The van der Waals surface area contributed by atoms with Gasteiger partial charge in [-0.3, -0.25) is 16.0 Å². The fourth-order valence-corrected chi connectivity index (χ4v) is 1.26. The number of hydrogen-bond donors (Lipinski definition) is 3. The van der Waals surface area contributed by atoms with Crippen molar-refractivity contribution in [2.75, 3.05) is 26.6 Å². The van der Waals surface area contributed by atoms with Gasteiger partial charge in [-0.05, 0) is 19.8 Å². The lowest BCUT2D eigenvalue weighted by atomic mass is 10.2. The van der Waals surface area contributed by atoms with Gasteiger partial charge in [-0.25, -0.2) is 0 Å². The fraction of sp³-hybridized carbons (Fsp3) is 1.00. The van der Waals surface area contributed by atoms with Crippen molar-refractivity contribution in [2.24, 2.45) is 0 Å². The molecule has 0 spiro atoms. The van der Waals surface area contributed by atoms with Gasteiger partial charge in [0.25, 0.3) is 0 Å². The molecule has 1 aliphatic rings. The van der Waals surface area contributed by atoms with Crippen LogP contribution in [0.15, 0.2) is 0 Å². The van der Waals surface area contributed by atoms with Crippen molar-refractivity contribution < 1.29 is 4.74 Å². The molecule has 0 bridgehead atoms. The minimum Gasteiger partial charge on any atom is -0.382 e. The van der Waals surface area contributed by atoms with Crippen molar-refractivity contribution in [1.82, 2.24) is 16.0 Å². The van der Waals surface area contributed by atoms with Crippen molar-refractivity contribution in [3.05, 3.63) is 0 Å². The molecule has 4 nitrogen and oxygen atoms in total. The van der Waals surface area contributed by atoms with Gasteiger partial charge in [-0.15, -0.1) is 0 Å². The lowest BCUT2D eigenvalue weighted by Gasteiger charge is -2.25. The van der Waals surface area contributed by atoms with E-state index in [2.05, 4.69) is 16.0 Å². The molecule has 3 N–H and O–H groups in total. The van der Waals surface area contributed by atoms with E-state index in [1.165, 1.54) is 0 Å². The monoisotopic (exact) mass is 173 g/mol. The highest BCUT2D eigenvalue weighted by atomic mass is 16.5. The number of ether oxygens (including phenoxy) is 1. The van der Waals surface area contributed by atoms with Gasteiger partial charge in [0, 0.05) is 26.6 Å². The second kappa shape index (κ2) is 6.37. The molecule has 1 fully saturated rings. The summed E-state index contributed by atoms with van der Waals surface area (Å²) in [4.78, 5) is 0. The van der Waals surface area contributed by atoms with Crippen LogP contribution in [0.25, 0.3) is 0 Å². The number of nitrogens with one attached hydrogen (secondary N) is 3. The van der Waals surface area contributed by atoms with Crippen LogP contribution in [0.1, 0.15) is 19.8 Å². The molecule has 0 aromatic heterocycles. The molecule has 0 radical (unpaired) electrons. The molecule has 0 aromatic carbocycles. The topological polar surface area (TPSA) is 45.3 Å². The predicted molar refractivity (Wildman–Crippen MR) is 48.7 cm³/mol.